The van der Waals surface area contributed by atoms with Crippen molar-refractivity contribution in [1.29, 1.82) is 0 Å². The highest BCUT2D eigenvalue weighted by Crippen LogP contribution is 2.26. The van der Waals surface area contributed by atoms with E-state index in [2.05, 4.69) is 29.2 Å². The van der Waals surface area contributed by atoms with Gasteiger partial charge in [0.05, 0.1) is 5.92 Å². The molecule has 0 aliphatic heterocycles. The minimum absolute atomic E-state index is 0.0523. The summed E-state index contributed by atoms with van der Waals surface area (Å²) in [5.41, 5.74) is 2.17. The van der Waals surface area contributed by atoms with Crippen molar-refractivity contribution in [1.82, 2.24) is 10.1 Å². The van der Waals surface area contributed by atoms with E-state index in [1.807, 2.05) is 26.0 Å². The second kappa shape index (κ2) is 5.99. The summed E-state index contributed by atoms with van der Waals surface area (Å²) in [4.78, 5) is 16.1. The summed E-state index contributed by atoms with van der Waals surface area (Å²) < 4.78 is 5.28. The smallest absolute Gasteiger partial charge is 0.237 e. The molecule has 4 heteroatoms. The average Bonchev–Trinajstić information content (AvgIpc) is 2.87. The van der Waals surface area contributed by atoms with E-state index < -0.39 is 0 Å². The Hall–Kier alpha value is -1.97. The Bertz CT molecular complexity index is 585. The molecule has 0 amide bonds. The quantitative estimate of drug-likeness (QED) is 0.834. The van der Waals surface area contributed by atoms with Crippen molar-refractivity contribution in [3.05, 3.63) is 35.7 Å². The molecule has 1 unspecified atom stereocenters. The fraction of sp³-hybridized carbons (Fsp3) is 0.438. The highest BCUT2D eigenvalue weighted by atomic mass is 16.5. The Balaban J connectivity index is 2.29. The molecule has 20 heavy (non-hydrogen) atoms. The lowest BCUT2D eigenvalue weighted by molar-refractivity contribution is -0.119. The summed E-state index contributed by atoms with van der Waals surface area (Å²) in [6.45, 7) is 7.63. The van der Waals surface area contributed by atoms with Crippen LogP contribution in [0.1, 0.15) is 45.1 Å². The predicted octanol–water partition coefficient (Wildman–Crippen LogP) is 3.63. The monoisotopic (exact) mass is 272 g/mol. The van der Waals surface area contributed by atoms with Crippen molar-refractivity contribution in [3.8, 4) is 11.4 Å². The summed E-state index contributed by atoms with van der Waals surface area (Å²) in [7, 11) is 0. The number of hydrogen-bond donors (Lipinski definition) is 0. The Labute approximate surface area is 119 Å². The van der Waals surface area contributed by atoms with Gasteiger partial charge in [0.25, 0.3) is 0 Å². The van der Waals surface area contributed by atoms with Crippen molar-refractivity contribution in [2.45, 2.75) is 40.0 Å². The van der Waals surface area contributed by atoms with Gasteiger partial charge in [-0.3, -0.25) is 4.79 Å². The van der Waals surface area contributed by atoms with Crippen molar-refractivity contribution >= 4 is 5.78 Å². The predicted molar refractivity (Wildman–Crippen MR) is 77.4 cm³/mol. The van der Waals surface area contributed by atoms with Crippen LogP contribution in [-0.4, -0.2) is 15.9 Å². The van der Waals surface area contributed by atoms with E-state index >= 15 is 0 Å². The molecule has 2 aromatic rings. The van der Waals surface area contributed by atoms with Gasteiger partial charge in [-0.25, -0.2) is 0 Å². The lowest BCUT2D eigenvalue weighted by Gasteiger charge is -2.12. The molecule has 0 aliphatic rings. The number of hydrogen-bond acceptors (Lipinski definition) is 4. The van der Waals surface area contributed by atoms with Crippen LogP contribution in [0.5, 0.6) is 0 Å². The highest BCUT2D eigenvalue weighted by molar-refractivity contribution is 5.82. The minimum atomic E-state index is -0.328. The molecular weight excluding hydrogens is 252 g/mol. The second-order valence-corrected chi connectivity index (χ2v) is 5.34. The minimum Gasteiger partial charge on any atom is -0.338 e. The van der Waals surface area contributed by atoms with Gasteiger partial charge in [0, 0.05) is 5.56 Å². The standard InChI is InChI=1S/C16H20N2O2/c1-5-12-6-8-13(9-7-12)15-17-16(20-18-15)14(10(2)3)11(4)19/h6-10,14H,5H2,1-4H3. The van der Waals surface area contributed by atoms with Crippen LogP contribution in [0.4, 0.5) is 0 Å². The number of rotatable bonds is 5. The molecule has 0 N–H and O–H groups in total. The Morgan fingerprint density at radius 1 is 1.25 bits per heavy atom. The first kappa shape index (κ1) is 14.4. The maximum atomic E-state index is 11.7. The molecular formula is C16H20N2O2. The number of nitrogens with zero attached hydrogens (tertiary/aromatic N) is 2. The molecule has 0 saturated heterocycles. The first-order chi connectivity index (χ1) is 9.52. The summed E-state index contributed by atoms with van der Waals surface area (Å²) in [6, 6.07) is 8.06. The van der Waals surface area contributed by atoms with Crippen LogP contribution in [0, 0.1) is 5.92 Å². The molecule has 0 fully saturated rings. The van der Waals surface area contributed by atoms with Crippen LogP contribution < -0.4 is 0 Å². The molecule has 1 heterocycles. The van der Waals surface area contributed by atoms with Gasteiger partial charge in [-0.1, -0.05) is 50.2 Å². The third-order valence-electron chi connectivity index (χ3n) is 3.43. The second-order valence-electron chi connectivity index (χ2n) is 5.34. The molecule has 4 nitrogen and oxygen atoms in total. The van der Waals surface area contributed by atoms with Gasteiger partial charge in [0.15, 0.2) is 0 Å². The lowest BCUT2D eigenvalue weighted by Crippen LogP contribution is -2.15. The van der Waals surface area contributed by atoms with Crippen molar-refractivity contribution < 1.29 is 9.32 Å². The Morgan fingerprint density at radius 2 is 1.90 bits per heavy atom. The summed E-state index contributed by atoms with van der Waals surface area (Å²) in [5, 5.41) is 3.99. The molecule has 106 valence electrons. The lowest BCUT2D eigenvalue weighted by atomic mass is 9.92. The van der Waals surface area contributed by atoms with E-state index in [0.717, 1.165) is 12.0 Å². The largest absolute Gasteiger partial charge is 0.338 e. The van der Waals surface area contributed by atoms with Crippen molar-refractivity contribution in [2.75, 3.05) is 0 Å². The molecule has 0 spiro atoms. The fourth-order valence-electron chi connectivity index (χ4n) is 2.30. The molecule has 0 bridgehead atoms. The van der Waals surface area contributed by atoms with Gasteiger partial charge >= 0.3 is 0 Å². The third kappa shape index (κ3) is 2.95. The number of aromatic nitrogens is 2. The van der Waals surface area contributed by atoms with Gasteiger partial charge in [-0.05, 0) is 24.8 Å². The summed E-state index contributed by atoms with van der Waals surface area (Å²) in [5.74, 6) is 0.808. The molecule has 0 aliphatic carbocycles. The first-order valence-corrected chi connectivity index (χ1v) is 6.96. The zero-order valence-electron chi connectivity index (χ0n) is 12.4. The van der Waals surface area contributed by atoms with Crippen LogP contribution in [0.15, 0.2) is 28.8 Å². The van der Waals surface area contributed by atoms with Crippen LogP contribution in [0.25, 0.3) is 11.4 Å². The summed E-state index contributed by atoms with van der Waals surface area (Å²) in [6.07, 6.45) is 0.998. The Morgan fingerprint density at radius 3 is 2.40 bits per heavy atom. The highest BCUT2D eigenvalue weighted by Gasteiger charge is 2.27. The molecule has 1 atom stereocenters. The van der Waals surface area contributed by atoms with Gasteiger partial charge in [0.1, 0.15) is 5.78 Å². The van der Waals surface area contributed by atoms with Crippen molar-refractivity contribution in [3.63, 3.8) is 0 Å². The summed E-state index contributed by atoms with van der Waals surface area (Å²) >= 11 is 0. The topological polar surface area (TPSA) is 56.0 Å². The zero-order valence-corrected chi connectivity index (χ0v) is 12.4. The normalized spacial score (nSPS) is 12.7. The van der Waals surface area contributed by atoms with Crippen molar-refractivity contribution in [2.24, 2.45) is 5.92 Å². The third-order valence-corrected chi connectivity index (χ3v) is 3.43. The zero-order chi connectivity index (χ0) is 14.7. The Kier molecular flexibility index (Phi) is 4.32. The van der Waals surface area contributed by atoms with Crippen LogP contribution >= 0.6 is 0 Å². The van der Waals surface area contributed by atoms with Crippen LogP contribution in [0.3, 0.4) is 0 Å². The molecule has 1 aromatic heterocycles. The molecule has 0 saturated carbocycles. The first-order valence-electron chi connectivity index (χ1n) is 6.96. The number of Topliss-reactive ketones (excluding diaryl/α,β-unsaturated/α-hetero) is 1. The number of aryl methyl sites for hydroxylation is 1. The molecule has 1 aromatic carbocycles. The number of carbonyl (C=O) groups is 1. The van der Waals surface area contributed by atoms with E-state index in [1.165, 1.54) is 5.56 Å². The van der Waals surface area contributed by atoms with Crippen LogP contribution in [-0.2, 0) is 11.2 Å². The van der Waals surface area contributed by atoms with Gasteiger partial charge < -0.3 is 4.52 Å². The fourth-order valence-corrected chi connectivity index (χ4v) is 2.30. The maximum Gasteiger partial charge on any atom is 0.237 e. The molecule has 0 radical (unpaired) electrons. The molecule has 2 rings (SSSR count). The average molecular weight is 272 g/mol. The number of carbonyl (C=O) groups excluding carboxylic acids is 1. The number of benzene rings is 1. The van der Waals surface area contributed by atoms with E-state index in [9.17, 15) is 4.79 Å². The van der Waals surface area contributed by atoms with E-state index in [4.69, 9.17) is 4.52 Å². The number of ketones is 1. The SMILES string of the molecule is CCc1ccc(-c2noc(C(C(C)=O)C(C)C)n2)cc1. The van der Waals surface area contributed by atoms with Crippen LogP contribution in [0.2, 0.25) is 0 Å². The van der Waals surface area contributed by atoms with Gasteiger partial charge in [-0.2, -0.15) is 4.98 Å². The van der Waals surface area contributed by atoms with E-state index in [0.29, 0.717) is 11.7 Å². The van der Waals surface area contributed by atoms with Gasteiger partial charge in [0.2, 0.25) is 11.7 Å². The van der Waals surface area contributed by atoms with Gasteiger partial charge in [-0.15, -0.1) is 0 Å². The van der Waals surface area contributed by atoms with E-state index in [1.54, 1.807) is 6.92 Å². The maximum absolute atomic E-state index is 11.7. The van der Waals surface area contributed by atoms with E-state index in [-0.39, 0.29) is 17.6 Å².